The molecule has 6 rings (SSSR count). The minimum absolute atomic E-state index is 0.550. The van der Waals surface area contributed by atoms with Crippen LogP contribution >= 0.6 is 0 Å². The molecule has 0 saturated carbocycles. The second-order valence-electron chi connectivity index (χ2n) is 10.4. The second kappa shape index (κ2) is 10.2. The minimum atomic E-state index is 0.550. The van der Waals surface area contributed by atoms with Crippen molar-refractivity contribution in [1.29, 1.82) is 0 Å². The fraction of sp³-hybridized carbons (Fsp3) is 0.265. The second-order valence-corrected chi connectivity index (χ2v) is 10.4. The lowest BCUT2D eigenvalue weighted by Gasteiger charge is -2.38. The van der Waals surface area contributed by atoms with Gasteiger partial charge < -0.3 is 0 Å². The molecule has 180 valence electrons. The third kappa shape index (κ3) is 4.54. The van der Waals surface area contributed by atoms with Crippen LogP contribution < -0.4 is 0 Å². The van der Waals surface area contributed by atoms with Crippen molar-refractivity contribution in [3.63, 3.8) is 0 Å². The Balaban J connectivity index is 1.15. The van der Waals surface area contributed by atoms with E-state index < -0.39 is 0 Å². The van der Waals surface area contributed by atoms with Crippen molar-refractivity contribution in [2.45, 2.75) is 32.2 Å². The number of hydrogen-bond donors (Lipinski definition) is 0. The van der Waals surface area contributed by atoms with E-state index in [1.807, 2.05) is 6.20 Å². The molecule has 1 fully saturated rings. The number of rotatable bonds is 7. The first-order chi connectivity index (χ1) is 17.8. The van der Waals surface area contributed by atoms with E-state index in [-0.39, 0.29) is 0 Å². The number of nitrogens with zero attached hydrogens (tertiary/aromatic N) is 2. The summed E-state index contributed by atoms with van der Waals surface area (Å²) in [5.74, 6) is 1.27. The van der Waals surface area contributed by atoms with E-state index in [0.717, 1.165) is 37.5 Å². The minimum Gasteiger partial charge on any atom is -0.298 e. The Morgan fingerprint density at radius 3 is 2.31 bits per heavy atom. The smallest absolute Gasteiger partial charge is 0.0704 e. The first-order valence-electron chi connectivity index (χ1n) is 13.4. The summed E-state index contributed by atoms with van der Waals surface area (Å²) in [4.78, 5) is 7.19. The van der Waals surface area contributed by atoms with E-state index in [4.69, 9.17) is 0 Å². The predicted octanol–water partition coefficient (Wildman–Crippen LogP) is 8.19. The van der Waals surface area contributed by atoms with E-state index in [2.05, 4.69) is 107 Å². The molecule has 1 aliphatic heterocycles. The van der Waals surface area contributed by atoms with Crippen LogP contribution in [-0.4, -0.2) is 23.0 Å². The zero-order valence-electron chi connectivity index (χ0n) is 20.9. The molecule has 2 atom stereocenters. The predicted molar refractivity (Wildman–Crippen MR) is 153 cm³/mol. The van der Waals surface area contributed by atoms with Crippen molar-refractivity contribution >= 4 is 32.4 Å². The quantitative estimate of drug-likeness (QED) is 0.176. The lowest BCUT2D eigenvalue weighted by Crippen LogP contribution is -2.39. The maximum Gasteiger partial charge on any atom is 0.0704 e. The summed E-state index contributed by atoms with van der Waals surface area (Å²) in [6, 6.07) is 30.8. The molecular formula is C34H34N2. The van der Waals surface area contributed by atoms with Crippen LogP contribution in [0.5, 0.6) is 0 Å². The maximum absolute atomic E-state index is 4.53. The molecule has 1 saturated heterocycles. The summed E-state index contributed by atoms with van der Waals surface area (Å²) in [6.07, 6.45) is 9.03. The Bertz CT molecular complexity index is 1460. The van der Waals surface area contributed by atoms with Crippen LogP contribution in [0.1, 0.15) is 30.4 Å². The van der Waals surface area contributed by atoms with Crippen molar-refractivity contribution in [1.82, 2.24) is 9.88 Å². The number of pyridine rings is 1. The normalized spacial score (nSPS) is 18.7. The molecule has 5 aromatic rings. The summed E-state index contributed by atoms with van der Waals surface area (Å²) in [6.45, 7) is 7.51. The average Bonchev–Trinajstić information content (AvgIpc) is 2.93. The van der Waals surface area contributed by atoms with Crippen molar-refractivity contribution in [3.05, 3.63) is 115 Å². The summed E-state index contributed by atoms with van der Waals surface area (Å²) in [7, 11) is 0. The molecule has 2 heterocycles. The molecule has 1 aromatic heterocycles. The van der Waals surface area contributed by atoms with Gasteiger partial charge in [0, 0.05) is 24.7 Å². The maximum atomic E-state index is 4.53. The number of likely N-dealkylation sites (tertiary alicyclic amines) is 1. The molecule has 0 amide bonds. The number of hydrogen-bond acceptors (Lipinski definition) is 2. The number of aryl methyl sites for hydroxylation is 1. The Kier molecular flexibility index (Phi) is 6.53. The third-order valence-corrected chi connectivity index (χ3v) is 8.22. The van der Waals surface area contributed by atoms with Gasteiger partial charge in [-0.1, -0.05) is 72.8 Å². The van der Waals surface area contributed by atoms with Crippen LogP contribution in [0.15, 0.2) is 104 Å². The standard InChI is InChI=1S/C34H34N2/c1-2-25-23-36(24-33-30-14-5-3-10-28(30)22-29-11-4-6-15-31(29)33)21-19-26(25)12-9-13-27-18-20-35-34-17-8-7-16-32(27)34/h2-8,10-11,14-18,20,22,25-26H,1,9,12-13,19,21,23-24H2. The number of aromatic nitrogens is 1. The third-order valence-electron chi connectivity index (χ3n) is 8.22. The molecule has 0 spiro atoms. The van der Waals surface area contributed by atoms with E-state index in [9.17, 15) is 0 Å². The summed E-state index contributed by atoms with van der Waals surface area (Å²) < 4.78 is 0. The lowest BCUT2D eigenvalue weighted by molar-refractivity contribution is 0.132. The van der Waals surface area contributed by atoms with Crippen molar-refractivity contribution in [2.24, 2.45) is 11.8 Å². The molecule has 36 heavy (non-hydrogen) atoms. The van der Waals surface area contributed by atoms with Gasteiger partial charge >= 0.3 is 0 Å². The van der Waals surface area contributed by atoms with Crippen LogP contribution in [0.3, 0.4) is 0 Å². The van der Waals surface area contributed by atoms with Gasteiger partial charge in [0.15, 0.2) is 0 Å². The van der Waals surface area contributed by atoms with E-state index in [0.29, 0.717) is 5.92 Å². The molecule has 2 unspecified atom stereocenters. The molecule has 0 N–H and O–H groups in total. The zero-order valence-corrected chi connectivity index (χ0v) is 20.9. The van der Waals surface area contributed by atoms with E-state index >= 15 is 0 Å². The molecule has 4 aromatic carbocycles. The van der Waals surface area contributed by atoms with Crippen LogP contribution in [0.2, 0.25) is 0 Å². The first kappa shape index (κ1) is 22.9. The first-order valence-corrected chi connectivity index (χ1v) is 13.4. The van der Waals surface area contributed by atoms with Crippen molar-refractivity contribution in [3.8, 4) is 0 Å². The molecule has 2 nitrogen and oxygen atoms in total. The number of piperidine rings is 1. The fourth-order valence-corrected chi connectivity index (χ4v) is 6.30. The number of fused-ring (bicyclic) bond motifs is 3. The van der Waals surface area contributed by atoms with E-state index in [1.165, 1.54) is 57.3 Å². The summed E-state index contributed by atoms with van der Waals surface area (Å²) >= 11 is 0. The SMILES string of the molecule is C=CC1CN(Cc2c3ccccc3cc3ccccc23)CCC1CCCc1ccnc2ccccc12. The Labute approximate surface area is 214 Å². The van der Waals surface area contributed by atoms with Crippen LogP contribution in [0, 0.1) is 11.8 Å². The van der Waals surface area contributed by atoms with Crippen molar-refractivity contribution in [2.75, 3.05) is 13.1 Å². The van der Waals surface area contributed by atoms with Crippen molar-refractivity contribution < 1.29 is 0 Å². The van der Waals surface area contributed by atoms with Gasteiger partial charge in [0.1, 0.15) is 0 Å². The van der Waals surface area contributed by atoms with Crippen LogP contribution in [0.25, 0.3) is 32.4 Å². The molecule has 0 bridgehead atoms. The molecule has 0 radical (unpaired) electrons. The Morgan fingerprint density at radius 1 is 0.861 bits per heavy atom. The van der Waals surface area contributed by atoms with Gasteiger partial charge in [-0.2, -0.15) is 0 Å². The molecular weight excluding hydrogens is 436 g/mol. The highest BCUT2D eigenvalue weighted by atomic mass is 15.1. The Morgan fingerprint density at radius 2 is 1.56 bits per heavy atom. The van der Waals surface area contributed by atoms with Gasteiger partial charge in [-0.05, 0) is 94.9 Å². The van der Waals surface area contributed by atoms with Crippen LogP contribution in [0.4, 0.5) is 0 Å². The summed E-state index contributed by atoms with van der Waals surface area (Å²) in [5, 5.41) is 6.75. The molecule has 1 aliphatic rings. The lowest BCUT2D eigenvalue weighted by atomic mass is 9.81. The van der Waals surface area contributed by atoms with Gasteiger partial charge in [0.05, 0.1) is 5.52 Å². The number of benzene rings is 4. The van der Waals surface area contributed by atoms with Gasteiger partial charge in [0.25, 0.3) is 0 Å². The van der Waals surface area contributed by atoms with Gasteiger partial charge in [-0.15, -0.1) is 6.58 Å². The molecule has 2 heteroatoms. The fourth-order valence-electron chi connectivity index (χ4n) is 6.30. The topological polar surface area (TPSA) is 16.1 Å². The van der Waals surface area contributed by atoms with Gasteiger partial charge in [-0.3, -0.25) is 9.88 Å². The molecule has 0 aliphatic carbocycles. The van der Waals surface area contributed by atoms with E-state index in [1.54, 1.807) is 0 Å². The monoisotopic (exact) mass is 470 g/mol. The summed E-state index contributed by atoms with van der Waals surface area (Å²) in [5.41, 5.74) is 4.00. The van der Waals surface area contributed by atoms with Crippen LogP contribution in [-0.2, 0) is 13.0 Å². The Hall–Kier alpha value is -3.49. The highest BCUT2D eigenvalue weighted by molar-refractivity contribution is 6.02. The highest BCUT2D eigenvalue weighted by Crippen LogP contribution is 2.34. The van der Waals surface area contributed by atoms with Gasteiger partial charge in [0.2, 0.25) is 0 Å². The zero-order chi connectivity index (χ0) is 24.3. The largest absolute Gasteiger partial charge is 0.298 e. The van der Waals surface area contributed by atoms with Gasteiger partial charge in [-0.25, -0.2) is 0 Å². The highest BCUT2D eigenvalue weighted by Gasteiger charge is 2.27. The number of para-hydroxylation sites is 1. The average molecular weight is 471 g/mol.